The van der Waals surface area contributed by atoms with Crippen molar-refractivity contribution >= 4 is 0 Å². The Balaban J connectivity index is 2.00. The molecule has 1 fully saturated rings. The van der Waals surface area contributed by atoms with E-state index in [9.17, 15) is 13.2 Å². The van der Waals surface area contributed by atoms with Crippen LogP contribution in [0, 0.1) is 0 Å². The Morgan fingerprint density at radius 3 is 2.55 bits per heavy atom. The summed E-state index contributed by atoms with van der Waals surface area (Å²) in [5.74, 6) is 0. The van der Waals surface area contributed by atoms with Crippen LogP contribution < -0.4 is 0 Å². The molecule has 1 N–H and O–H groups in total. The highest BCUT2D eigenvalue weighted by Crippen LogP contribution is 2.31. The Hall–Kier alpha value is -1.11. The molecule has 1 unspecified atom stereocenters. The second kappa shape index (κ2) is 6.56. The van der Waals surface area contributed by atoms with Crippen LogP contribution in [0.3, 0.4) is 0 Å². The molecule has 1 atom stereocenters. The van der Waals surface area contributed by atoms with Crippen LogP contribution in [0.5, 0.6) is 0 Å². The summed E-state index contributed by atoms with van der Waals surface area (Å²) in [6, 6.07) is 5.13. The van der Waals surface area contributed by atoms with E-state index in [1.54, 1.807) is 0 Å². The lowest BCUT2D eigenvalue weighted by Crippen LogP contribution is -2.39. The summed E-state index contributed by atoms with van der Waals surface area (Å²) in [4.78, 5) is 2.15. The SMILES string of the molecule is OCCCN1CCOC(c2ccc(C(F)(F)F)cc2)C1. The number of hydrogen-bond donors (Lipinski definition) is 1. The number of ether oxygens (including phenoxy) is 1. The molecule has 1 aliphatic rings. The third-order valence-electron chi connectivity index (χ3n) is 3.39. The van der Waals surface area contributed by atoms with E-state index in [1.165, 1.54) is 12.1 Å². The topological polar surface area (TPSA) is 32.7 Å². The fraction of sp³-hybridized carbons (Fsp3) is 0.571. The van der Waals surface area contributed by atoms with Crippen LogP contribution in [0.1, 0.15) is 23.7 Å². The molecule has 0 saturated carbocycles. The zero-order chi connectivity index (χ0) is 14.6. The maximum atomic E-state index is 12.5. The van der Waals surface area contributed by atoms with Crippen molar-refractivity contribution in [3.8, 4) is 0 Å². The number of nitrogens with zero attached hydrogens (tertiary/aromatic N) is 1. The van der Waals surface area contributed by atoms with Gasteiger partial charge in [-0.1, -0.05) is 12.1 Å². The fourth-order valence-electron chi connectivity index (χ4n) is 2.29. The summed E-state index contributed by atoms with van der Waals surface area (Å²) in [5, 5.41) is 8.82. The monoisotopic (exact) mass is 289 g/mol. The summed E-state index contributed by atoms with van der Waals surface area (Å²) >= 11 is 0. The van der Waals surface area contributed by atoms with Gasteiger partial charge in [0.15, 0.2) is 0 Å². The quantitative estimate of drug-likeness (QED) is 0.924. The number of hydrogen-bond acceptors (Lipinski definition) is 3. The van der Waals surface area contributed by atoms with Crippen LogP contribution in [0.4, 0.5) is 13.2 Å². The molecule has 1 saturated heterocycles. The molecular weight excluding hydrogens is 271 g/mol. The predicted octanol–water partition coefficient (Wildman–Crippen LogP) is 2.46. The first-order valence-corrected chi connectivity index (χ1v) is 6.62. The van der Waals surface area contributed by atoms with E-state index >= 15 is 0 Å². The summed E-state index contributed by atoms with van der Waals surface area (Å²) < 4.78 is 43.1. The summed E-state index contributed by atoms with van der Waals surface area (Å²) in [5.41, 5.74) is 0.112. The van der Waals surface area contributed by atoms with Gasteiger partial charge in [-0.25, -0.2) is 0 Å². The van der Waals surface area contributed by atoms with Gasteiger partial charge in [-0.05, 0) is 24.1 Å². The van der Waals surface area contributed by atoms with Crippen LogP contribution in [0.25, 0.3) is 0 Å². The molecule has 1 heterocycles. The Bertz CT molecular complexity index is 419. The van der Waals surface area contributed by atoms with Gasteiger partial charge in [0.05, 0.1) is 18.3 Å². The van der Waals surface area contributed by atoms with Crippen LogP contribution in [-0.4, -0.2) is 42.9 Å². The number of halogens is 3. The van der Waals surface area contributed by atoms with Crippen molar-refractivity contribution in [1.29, 1.82) is 0 Å². The standard InChI is InChI=1S/C14H18F3NO2/c15-14(16,17)12-4-2-11(3-5-12)13-10-18(6-1-8-19)7-9-20-13/h2-5,13,19H,1,6-10H2. The first-order chi connectivity index (χ1) is 9.50. The van der Waals surface area contributed by atoms with Crippen molar-refractivity contribution in [2.45, 2.75) is 18.7 Å². The second-order valence-corrected chi connectivity index (χ2v) is 4.86. The van der Waals surface area contributed by atoms with E-state index in [2.05, 4.69) is 4.90 Å². The van der Waals surface area contributed by atoms with Crippen molar-refractivity contribution in [2.75, 3.05) is 32.8 Å². The van der Waals surface area contributed by atoms with Gasteiger partial charge in [-0.15, -0.1) is 0 Å². The van der Waals surface area contributed by atoms with Crippen LogP contribution in [0.15, 0.2) is 24.3 Å². The van der Waals surface area contributed by atoms with Crippen LogP contribution in [-0.2, 0) is 10.9 Å². The van der Waals surface area contributed by atoms with E-state index in [0.717, 1.165) is 30.8 Å². The van der Waals surface area contributed by atoms with E-state index in [-0.39, 0.29) is 12.7 Å². The third kappa shape index (κ3) is 3.94. The predicted molar refractivity (Wildman–Crippen MR) is 68.3 cm³/mol. The van der Waals surface area contributed by atoms with Crippen LogP contribution in [0.2, 0.25) is 0 Å². The highest BCUT2D eigenvalue weighted by Gasteiger charge is 2.30. The van der Waals surface area contributed by atoms with Gasteiger partial charge >= 0.3 is 6.18 Å². The highest BCUT2D eigenvalue weighted by molar-refractivity contribution is 5.26. The molecule has 1 aromatic rings. The lowest BCUT2D eigenvalue weighted by atomic mass is 10.1. The minimum absolute atomic E-state index is 0.141. The summed E-state index contributed by atoms with van der Waals surface area (Å²) in [7, 11) is 0. The first-order valence-electron chi connectivity index (χ1n) is 6.62. The maximum Gasteiger partial charge on any atom is 0.416 e. The van der Waals surface area contributed by atoms with Gasteiger partial charge < -0.3 is 9.84 Å². The van der Waals surface area contributed by atoms with Gasteiger partial charge in [0.25, 0.3) is 0 Å². The smallest absolute Gasteiger partial charge is 0.396 e. The van der Waals surface area contributed by atoms with E-state index in [4.69, 9.17) is 9.84 Å². The van der Waals surface area contributed by atoms with Crippen LogP contribution >= 0.6 is 0 Å². The average Bonchev–Trinajstić information content (AvgIpc) is 2.45. The molecule has 0 bridgehead atoms. The Morgan fingerprint density at radius 1 is 1.25 bits per heavy atom. The van der Waals surface area contributed by atoms with Gasteiger partial charge in [-0.2, -0.15) is 13.2 Å². The van der Waals surface area contributed by atoms with Crippen molar-refractivity contribution in [3.63, 3.8) is 0 Å². The molecule has 0 radical (unpaired) electrons. The second-order valence-electron chi connectivity index (χ2n) is 4.86. The lowest BCUT2D eigenvalue weighted by molar-refractivity contribution is -0.137. The van der Waals surface area contributed by atoms with E-state index in [0.29, 0.717) is 19.6 Å². The number of aliphatic hydroxyl groups excluding tert-OH is 1. The van der Waals surface area contributed by atoms with E-state index in [1.807, 2.05) is 0 Å². The summed E-state index contributed by atoms with van der Waals surface area (Å²) in [6.07, 6.45) is -3.82. The van der Waals surface area contributed by atoms with Crippen molar-refractivity contribution in [2.24, 2.45) is 0 Å². The molecule has 2 rings (SSSR count). The maximum absolute atomic E-state index is 12.5. The molecule has 3 nitrogen and oxygen atoms in total. The van der Waals surface area contributed by atoms with Gasteiger partial charge in [0.2, 0.25) is 0 Å². The first kappa shape index (κ1) is 15.3. The molecule has 0 aromatic heterocycles. The number of benzene rings is 1. The normalized spacial score (nSPS) is 21.1. The zero-order valence-corrected chi connectivity index (χ0v) is 11.1. The minimum atomic E-state index is -4.31. The fourth-order valence-corrected chi connectivity index (χ4v) is 2.29. The molecule has 0 amide bonds. The Kier molecular flexibility index (Phi) is 5.01. The summed E-state index contributed by atoms with van der Waals surface area (Å²) in [6.45, 7) is 2.90. The molecule has 0 spiro atoms. The molecule has 6 heteroatoms. The van der Waals surface area contributed by atoms with Crippen molar-refractivity contribution in [3.05, 3.63) is 35.4 Å². The van der Waals surface area contributed by atoms with E-state index < -0.39 is 11.7 Å². The lowest BCUT2D eigenvalue weighted by Gasteiger charge is -2.33. The van der Waals surface area contributed by atoms with Gasteiger partial charge in [0, 0.05) is 26.2 Å². The number of rotatable bonds is 4. The zero-order valence-electron chi connectivity index (χ0n) is 11.1. The molecular formula is C14H18F3NO2. The third-order valence-corrected chi connectivity index (χ3v) is 3.39. The van der Waals surface area contributed by atoms with Gasteiger partial charge in [0.1, 0.15) is 0 Å². The minimum Gasteiger partial charge on any atom is -0.396 e. The largest absolute Gasteiger partial charge is 0.416 e. The Morgan fingerprint density at radius 2 is 1.95 bits per heavy atom. The number of morpholine rings is 1. The molecule has 1 aromatic carbocycles. The molecule has 20 heavy (non-hydrogen) atoms. The molecule has 112 valence electrons. The van der Waals surface area contributed by atoms with Crippen molar-refractivity contribution < 1.29 is 23.0 Å². The highest BCUT2D eigenvalue weighted by atomic mass is 19.4. The van der Waals surface area contributed by atoms with Gasteiger partial charge in [-0.3, -0.25) is 4.90 Å². The number of alkyl halides is 3. The number of aliphatic hydroxyl groups is 1. The van der Waals surface area contributed by atoms with Crippen molar-refractivity contribution in [1.82, 2.24) is 4.90 Å². The molecule has 0 aliphatic carbocycles. The average molecular weight is 289 g/mol. The molecule has 1 aliphatic heterocycles. The Labute approximate surface area is 116 Å².